The number of aryl methyl sites for hydroxylation is 1. The van der Waals surface area contributed by atoms with E-state index in [0.29, 0.717) is 32.0 Å². The fourth-order valence-electron chi connectivity index (χ4n) is 2.63. The van der Waals surface area contributed by atoms with E-state index < -0.39 is 5.91 Å². The normalized spacial score (nSPS) is 10.9. The van der Waals surface area contributed by atoms with Gasteiger partial charge in [-0.3, -0.25) is 15.0 Å². The quantitative estimate of drug-likeness (QED) is 0.591. The van der Waals surface area contributed by atoms with Gasteiger partial charge in [0.15, 0.2) is 0 Å². The van der Waals surface area contributed by atoms with Gasteiger partial charge < -0.3 is 0 Å². The minimum Gasteiger partial charge on any atom is -0.267 e. The van der Waals surface area contributed by atoms with Gasteiger partial charge in [0.2, 0.25) is 0 Å². The number of nitrogens with one attached hydrogen (secondary N) is 1. The van der Waals surface area contributed by atoms with Crippen LogP contribution in [0.1, 0.15) is 15.4 Å². The molecule has 4 rings (SSSR count). The number of nitrogens with zero attached hydrogens (tertiary/aromatic N) is 3. The number of carbonyl (C=O) groups is 1. The Bertz CT molecular complexity index is 1210. The number of rotatable bonds is 3. The molecule has 0 atom stereocenters. The van der Waals surface area contributed by atoms with Crippen molar-refractivity contribution in [3.63, 3.8) is 0 Å². The topological polar surface area (TPSA) is 76.9 Å². The Kier molecular flexibility index (Phi) is 4.25. The molecule has 0 saturated carbocycles. The van der Waals surface area contributed by atoms with E-state index >= 15 is 0 Å². The molecule has 6 nitrogen and oxygen atoms in total. The molecule has 1 N–H and O–H groups in total. The largest absolute Gasteiger partial charge is 0.282 e. The van der Waals surface area contributed by atoms with Crippen LogP contribution in [0.15, 0.2) is 59.7 Å². The molecule has 0 bridgehead atoms. The molecular formula is C19H13FN4O2S. The van der Waals surface area contributed by atoms with Gasteiger partial charge in [-0.1, -0.05) is 12.1 Å². The Hall–Kier alpha value is -3.39. The third-order valence-electron chi connectivity index (χ3n) is 3.98. The molecule has 8 heteroatoms. The van der Waals surface area contributed by atoms with E-state index in [1.807, 2.05) is 0 Å². The van der Waals surface area contributed by atoms with Gasteiger partial charge in [-0.15, -0.1) is 11.3 Å². The van der Waals surface area contributed by atoms with Crippen LogP contribution in [0.2, 0.25) is 0 Å². The Morgan fingerprint density at radius 2 is 1.89 bits per heavy atom. The average molecular weight is 380 g/mol. The van der Waals surface area contributed by atoms with Crippen LogP contribution in [0.5, 0.6) is 0 Å². The second-order valence-corrected chi connectivity index (χ2v) is 6.82. The summed E-state index contributed by atoms with van der Waals surface area (Å²) in [6, 6.07) is 12.8. The summed E-state index contributed by atoms with van der Waals surface area (Å²) in [6.07, 6.45) is 1.28. The molecule has 0 unspecified atom stereocenters. The van der Waals surface area contributed by atoms with Gasteiger partial charge >= 0.3 is 0 Å². The fraction of sp³-hybridized carbons (Fsp3) is 0.0526. The summed E-state index contributed by atoms with van der Waals surface area (Å²) < 4.78 is 14.1. The number of amides is 1. The SMILES string of the molecule is Cc1nc(-c2ccc(F)cc2)sc1C(=O)Nn1cnc2ccccc2c1=O. The first kappa shape index (κ1) is 17.0. The number of hydrogen-bond donors (Lipinski definition) is 1. The molecule has 0 spiro atoms. The van der Waals surface area contributed by atoms with Crippen molar-refractivity contribution in [2.45, 2.75) is 6.92 Å². The molecule has 0 fully saturated rings. The van der Waals surface area contributed by atoms with Crippen molar-refractivity contribution in [1.82, 2.24) is 14.6 Å². The zero-order valence-electron chi connectivity index (χ0n) is 14.1. The highest BCUT2D eigenvalue weighted by Gasteiger charge is 2.17. The van der Waals surface area contributed by atoms with Gasteiger partial charge in [0, 0.05) is 5.56 Å². The van der Waals surface area contributed by atoms with Gasteiger partial charge in [-0.25, -0.2) is 19.0 Å². The van der Waals surface area contributed by atoms with Gasteiger partial charge in [-0.05, 0) is 43.3 Å². The standard InChI is InChI=1S/C19H13FN4O2S/c1-11-16(27-18(22-11)12-6-8-13(20)9-7-12)17(25)23-24-10-21-15-5-3-2-4-14(15)19(24)26/h2-10H,1H3,(H,23,25). The first-order valence-corrected chi connectivity index (χ1v) is 8.86. The zero-order chi connectivity index (χ0) is 19.0. The highest BCUT2D eigenvalue weighted by Crippen LogP contribution is 2.28. The molecule has 0 aliphatic rings. The molecule has 0 radical (unpaired) electrons. The zero-order valence-corrected chi connectivity index (χ0v) is 15.0. The minimum atomic E-state index is -0.461. The summed E-state index contributed by atoms with van der Waals surface area (Å²) in [5, 5.41) is 1.01. The van der Waals surface area contributed by atoms with Crippen LogP contribution >= 0.6 is 11.3 Å². The van der Waals surface area contributed by atoms with Crippen molar-refractivity contribution < 1.29 is 9.18 Å². The first-order chi connectivity index (χ1) is 13.0. The number of thiazole rings is 1. The van der Waals surface area contributed by atoms with E-state index in [1.54, 1.807) is 43.3 Å². The van der Waals surface area contributed by atoms with E-state index in [9.17, 15) is 14.0 Å². The lowest BCUT2D eigenvalue weighted by Crippen LogP contribution is -2.33. The van der Waals surface area contributed by atoms with E-state index in [1.165, 1.54) is 29.8 Å². The number of halogens is 1. The van der Waals surface area contributed by atoms with Crippen LogP contribution in [0, 0.1) is 12.7 Å². The fourth-order valence-corrected chi connectivity index (χ4v) is 3.59. The lowest BCUT2D eigenvalue weighted by atomic mass is 10.2. The molecule has 4 aromatic rings. The monoisotopic (exact) mass is 380 g/mol. The number of para-hydroxylation sites is 1. The Labute approximate surface area is 156 Å². The lowest BCUT2D eigenvalue weighted by Gasteiger charge is -2.07. The highest BCUT2D eigenvalue weighted by atomic mass is 32.1. The lowest BCUT2D eigenvalue weighted by molar-refractivity contribution is 0.101. The van der Waals surface area contributed by atoms with Crippen LogP contribution in [0.25, 0.3) is 21.5 Å². The smallest absolute Gasteiger partial charge is 0.267 e. The van der Waals surface area contributed by atoms with Crippen LogP contribution in [-0.2, 0) is 0 Å². The summed E-state index contributed by atoms with van der Waals surface area (Å²) in [5.41, 5.74) is 3.98. The maximum atomic E-state index is 13.1. The molecule has 0 aliphatic heterocycles. The van der Waals surface area contributed by atoms with Crippen molar-refractivity contribution in [3.8, 4) is 10.6 Å². The number of fused-ring (bicyclic) bond motifs is 1. The highest BCUT2D eigenvalue weighted by molar-refractivity contribution is 7.17. The summed E-state index contributed by atoms with van der Waals surface area (Å²) >= 11 is 1.17. The van der Waals surface area contributed by atoms with Crippen LogP contribution in [0.3, 0.4) is 0 Å². The number of aromatic nitrogens is 3. The molecule has 0 saturated heterocycles. The van der Waals surface area contributed by atoms with Gasteiger partial charge in [0.05, 0.1) is 16.6 Å². The predicted molar refractivity (Wildman–Crippen MR) is 102 cm³/mol. The van der Waals surface area contributed by atoms with E-state index in [4.69, 9.17) is 0 Å². The third kappa shape index (κ3) is 3.22. The molecule has 134 valence electrons. The van der Waals surface area contributed by atoms with Crippen molar-refractivity contribution >= 4 is 28.1 Å². The Balaban J connectivity index is 1.65. The van der Waals surface area contributed by atoms with Crippen LogP contribution in [-0.4, -0.2) is 20.6 Å². The van der Waals surface area contributed by atoms with Crippen molar-refractivity contribution in [2.75, 3.05) is 5.43 Å². The van der Waals surface area contributed by atoms with Crippen LogP contribution < -0.4 is 11.0 Å². The predicted octanol–water partition coefficient (Wildman–Crippen LogP) is 3.35. The number of benzene rings is 2. The maximum Gasteiger partial charge on any atom is 0.282 e. The first-order valence-electron chi connectivity index (χ1n) is 8.04. The molecule has 2 aromatic carbocycles. The average Bonchev–Trinajstić information content (AvgIpc) is 3.06. The minimum absolute atomic E-state index is 0.340. The van der Waals surface area contributed by atoms with Crippen molar-refractivity contribution in [2.24, 2.45) is 0 Å². The molecular weight excluding hydrogens is 367 g/mol. The van der Waals surface area contributed by atoms with Crippen molar-refractivity contribution in [3.05, 3.63) is 81.6 Å². The van der Waals surface area contributed by atoms with E-state index in [-0.39, 0.29) is 11.4 Å². The van der Waals surface area contributed by atoms with Gasteiger partial charge in [0.1, 0.15) is 22.0 Å². The molecule has 2 aromatic heterocycles. The van der Waals surface area contributed by atoms with E-state index in [0.717, 1.165) is 4.68 Å². The number of hydrogen-bond acceptors (Lipinski definition) is 5. The molecule has 1 amide bonds. The van der Waals surface area contributed by atoms with Gasteiger partial charge in [-0.2, -0.15) is 0 Å². The summed E-state index contributed by atoms with van der Waals surface area (Å²) in [6.45, 7) is 1.71. The third-order valence-corrected chi connectivity index (χ3v) is 5.19. The molecule has 2 heterocycles. The summed E-state index contributed by atoms with van der Waals surface area (Å²) in [5.74, 6) is -0.800. The van der Waals surface area contributed by atoms with Gasteiger partial charge in [0.25, 0.3) is 11.5 Å². The Morgan fingerprint density at radius 1 is 1.15 bits per heavy atom. The molecule has 27 heavy (non-hydrogen) atoms. The van der Waals surface area contributed by atoms with Crippen LogP contribution in [0.4, 0.5) is 4.39 Å². The number of carbonyl (C=O) groups excluding carboxylic acids is 1. The second-order valence-electron chi connectivity index (χ2n) is 5.82. The Morgan fingerprint density at radius 3 is 2.67 bits per heavy atom. The summed E-state index contributed by atoms with van der Waals surface area (Å²) in [7, 11) is 0. The van der Waals surface area contributed by atoms with Crippen molar-refractivity contribution in [1.29, 1.82) is 0 Å². The van der Waals surface area contributed by atoms with E-state index in [2.05, 4.69) is 15.4 Å². The summed E-state index contributed by atoms with van der Waals surface area (Å²) in [4.78, 5) is 34.1. The maximum absolute atomic E-state index is 13.1. The molecule has 0 aliphatic carbocycles. The second kappa shape index (κ2) is 6.73.